The standard InChI is InChI=1S/C14H10ClFN2O3/c15-8-3-7(16)1-2-11(8)21-12-5-10-13(4-9(12)17)20-6-14(19)18-10/h1-5H,6,17H2,(H,18,19). The van der Waals surface area contributed by atoms with Gasteiger partial charge in [0.15, 0.2) is 12.4 Å². The number of amides is 1. The third kappa shape index (κ3) is 2.71. The molecule has 0 saturated carbocycles. The molecule has 1 aliphatic rings. The van der Waals surface area contributed by atoms with Crippen molar-refractivity contribution in [1.29, 1.82) is 0 Å². The van der Waals surface area contributed by atoms with Gasteiger partial charge in [0.2, 0.25) is 0 Å². The molecule has 7 heteroatoms. The summed E-state index contributed by atoms with van der Waals surface area (Å²) in [6.45, 7) is -0.0591. The van der Waals surface area contributed by atoms with Crippen LogP contribution in [0.25, 0.3) is 0 Å². The fraction of sp³-hybridized carbons (Fsp3) is 0.0714. The van der Waals surface area contributed by atoms with E-state index in [1.54, 1.807) is 6.07 Å². The van der Waals surface area contributed by atoms with Gasteiger partial charge >= 0.3 is 0 Å². The molecule has 0 fully saturated rings. The molecule has 3 rings (SSSR count). The van der Waals surface area contributed by atoms with Gasteiger partial charge in [-0.1, -0.05) is 11.6 Å². The molecular formula is C14H10ClFN2O3. The van der Waals surface area contributed by atoms with Crippen LogP contribution in [-0.2, 0) is 4.79 Å². The topological polar surface area (TPSA) is 73.6 Å². The lowest BCUT2D eigenvalue weighted by molar-refractivity contribution is -0.118. The smallest absolute Gasteiger partial charge is 0.262 e. The molecule has 0 saturated heterocycles. The lowest BCUT2D eigenvalue weighted by atomic mass is 10.2. The van der Waals surface area contributed by atoms with E-state index in [-0.39, 0.29) is 29.0 Å². The monoisotopic (exact) mass is 308 g/mol. The molecule has 5 nitrogen and oxygen atoms in total. The average Bonchev–Trinajstić information content (AvgIpc) is 2.43. The van der Waals surface area contributed by atoms with Crippen LogP contribution in [0.4, 0.5) is 15.8 Å². The predicted octanol–water partition coefficient (Wildman–Crippen LogP) is 3.18. The minimum Gasteiger partial charge on any atom is -0.481 e. The summed E-state index contributed by atoms with van der Waals surface area (Å²) < 4.78 is 23.8. The number of nitrogens with one attached hydrogen (secondary N) is 1. The third-order valence-electron chi connectivity index (χ3n) is 2.86. The van der Waals surface area contributed by atoms with Crippen LogP contribution in [0.1, 0.15) is 0 Å². The van der Waals surface area contributed by atoms with Gasteiger partial charge in [-0.3, -0.25) is 4.79 Å². The Labute approximate surface area is 124 Å². The molecule has 2 aromatic carbocycles. The maximum atomic E-state index is 13.0. The minimum atomic E-state index is -0.466. The number of benzene rings is 2. The van der Waals surface area contributed by atoms with Gasteiger partial charge in [-0.2, -0.15) is 0 Å². The van der Waals surface area contributed by atoms with Gasteiger partial charge in [0.1, 0.15) is 17.3 Å². The van der Waals surface area contributed by atoms with Crippen molar-refractivity contribution < 1.29 is 18.7 Å². The lowest BCUT2D eigenvalue weighted by Gasteiger charge is -2.20. The van der Waals surface area contributed by atoms with Crippen molar-refractivity contribution in [2.45, 2.75) is 0 Å². The second-order valence-electron chi connectivity index (χ2n) is 4.40. The van der Waals surface area contributed by atoms with E-state index in [1.807, 2.05) is 0 Å². The first-order valence-electron chi connectivity index (χ1n) is 6.02. The second-order valence-corrected chi connectivity index (χ2v) is 4.81. The number of rotatable bonds is 2. The first-order valence-corrected chi connectivity index (χ1v) is 6.40. The van der Waals surface area contributed by atoms with Crippen LogP contribution in [-0.4, -0.2) is 12.5 Å². The van der Waals surface area contributed by atoms with Crippen LogP contribution in [0, 0.1) is 5.82 Å². The molecule has 0 radical (unpaired) electrons. The molecule has 0 unspecified atom stereocenters. The van der Waals surface area contributed by atoms with Crippen LogP contribution < -0.4 is 20.5 Å². The molecule has 0 aromatic heterocycles. The highest BCUT2D eigenvalue weighted by molar-refractivity contribution is 6.32. The average molecular weight is 309 g/mol. The Balaban J connectivity index is 1.95. The molecular weight excluding hydrogens is 299 g/mol. The van der Waals surface area contributed by atoms with Crippen LogP contribution in [0.3, 0.4) is 0 Å². The molecule has 21 heavy (non-hydrogen) atoms. The Morgan fingerprint density at radius 2 is 2.10 bits per heavy atom. The summed E-state index contributed by atoms with van der Waals surface area (Å²) in [6, 6.07) is 6.83. The molecule has 3 N–H and O–H groups in total. The van der Waals surface area contributed by atoms with Crippen molar-refractivity contribution in [2.75, 3.05) is 17.7 Å². The summed E-state index contributed by atoms with van der Waals surface area (Å²) in [5.41, 5.74) is 6.64. The van der Waals surface area contributed by atoms with Crippen LogP contribution in [0.15, 0.2) is 30.3 Å². The summed E-state index contributed by atoms with van der Waals surface area (Å²) >= 11 is 5.90. The summed E-state index contributed by atoms with van der Waals surface area (Å²) in [5, 5.41) is 2.76. The van der Waals surface area contributed by atoms with Gasteiger partial charge in [0.05, 0.1) is 16.4 Å². The van der Waals surface area contributed by atoms with E-state index in [2.05, 4.69) is 5.32 Å². The molecule has 2 aromatic rings. The van der Waals surface area contributed by atoms with E-state index in [9.17, 15) is 9.18 Å². The molecule has 0 aliphatic carbocycles. The number of carbonyl (C=O) groups excluding carboxylic acids is 1. The SMILES string of the molecule is Nc1cc2c(cc1Oc1ccc(F)cc1Cl)NC(=O)CO2. The Kier molecular flexibility index (Phi) is 3.31. The van der Waals surface area contributed by atoms with Crippen molar-refractivity contribution in [1.82, 2.24) is 0 Å². The molecule has 0 spiro atoms. The van der Waals surface area contributed by atoms with Gasteiger partial charge in [-0.25, -0.2) is 4.39 Å². The zero-order valence-electron chi connectivity index (χ0n) is 10.7. The van der Waals surface area contributed by atoms with Crippen molar-refractivity contribution in [2.24, 2.45) is 0 Å². The van der Waals surface area contributed by atoms with E-state index in [1.165, 1.54) is 18.2 Å². The summed E-state index contributed by atoms with van der Waals surface area (Å²) in [4.78, 5) is 11.3. The molecule has 0 bridgehead atoms. The summed E-state index contributed by atoms with van der Waals surface area (Å²) in [5.74, 6) is 0.273. The van der Waals surface area contributed by atoms with Crippen molar-refractivity contribution in [3.05, 3.63) is 41.2 Å². The van der Waals surface area contributed by atoms with Crippen molar-refractivity contribution >= 4 is 28.9 Å². The normalized spacial score (nSPS) is 13.1. The van der Waals surface area contributed by atoms with E-state index >= 15 is 0 Å². The van der Waals surface area contributed by atoms with Gasteiger partial charge in [0.25, 0.3) is 5.91 Å². The van der Waals surface area contributed by atoms with Gasteiger partial charge < -0.3 is 20.5 Å². The predicted molar refractivity (Wildman–Crippen MR) is 76.5 cm³/mol. The minimum absolute atomic E-state index is 0.0591. The maximum absolute atomic E-state index is 13.0. The van der Waals surface area contributed by atoms with E-state index < -0.39 is 5.82 Å². The molecule has 1 aliphatic heterocycles. The van der Waals surface area contributed by atoms with Crippen molar-refractivity contribution in [3.63, 3.8) is 0 Å². The first kappa shape index (κ1) is 13.5. The fourth-order valence-electron chi connectivity index (χ4n) is 1.89. The largest absolute Gasteiger partial charge is 0.481 e. The highest BCUT2D eigenvalue weighted by Gasteiger charge is 2.19. The van der Waals surface area contributed by atoms with E-state index in [0.717, 1.165) is 6.07 Å². The molecule has 0 atom stereocenters. The molecule has 108 valence electrons. The third-order valence-corrected chi connectivity index (χ3v) is 3.15. The number of ether oxygens (including phenoxy) is 2. The van der Waals surface area contributed by atoms with Gasteiger partial charge in [0, 0.05) is 12.1 Å². The van der Waals surface area contributed by atoms with Crippen LogP contribution in [0.5, 0.6) is 17.2 Å². The fourth-order valence-corrected chi connectivity index (χ4v) is 2.09. The maximum Gasteiger partial charge on any atom is 0.262 e. The first-order chi connectivity index (χ1) is 10.0. The quantitative estimate of drug-likeness (QED) is 0.836. The van der Waals surface area contributed by atoms with Gasteiger partial charge in [-0.05, 0) is 18.2 Å². The highest BCUT2D eigenvalue weighted by Crippen LogP contribution is 2.39. The Morgan fingerprint density at radius 3 is 2.86 bits per heavy atom. The lowest BCUT2D eigenvalue weighted by Crippen LogP contribution is -2.25. The van der Waals surface area contributed by atoms with Crippen LogP contribution in [0.2, 0.25) is 5.02 Å². The summed E-state index contributed by atoms with van der Waals surface area (Å²) in [6.07, 6.45) is 0. The van der Waals surface area contributed by atoms with Gasteiger partial charge in [-0.15, -0.1) is 0 Å². The Hall–Kier alpha value is -2.47. The van der Waals surface area contributed by atoms with E-state index in [0.29, 0.717) is 17.1 Å². The highest BCUT2D eigenvalue weighted by atomic mass is 35.5. The zero-order valence-corrected chi connectivity index (χ0v) is 11.4. The number of carbonyl (C=O) groups is 1. The van der Waals surface area contributed by atoms with Crippen LogP contribution >= 0.6 is 11.6 Å². The summed E-state index contributed by atoms with van der Waals surface area (Å²) in [7, 11) is 0. The number of fused-ring (bicyclic) bond motifs is 1. The van der Waals surface area contributed by atoms with Crippen molar-refractivity contribution in [3.8, 4) is 17.2 Å². The zero-order chi connectivity index (χ0) is 15.0. The Morgan fingerprint density at radius 1 is 1.29 bits per heavy atom. The number of anilines is 2. The number of halogens is 2. The second kappa shape index (κ2) is 5.14. The molecule has 1 heterocycles. The van der Waals surface area contributed by atoms with E-state index in [4.69, 9.17) is 26.8 Å². The number of nitrogen functional groups attached to an aromatic ring is 1. The number of nitrogens with two attached hydrogens (primary N) is 1. The Bertz CT molecular complexity index is 736. The number of hydrogen-bond donors (Lipinski definition) is 2. The number of hydrogen-bond acceptors (Lipinski definition) is 4. The molecule has 1 amide bonds.